The molecule has 1 saturated heterocycles. The number of carbonyl (C=O) groups excluding carboxylic acids is 1. The van der Waals surface area contributed by atoms with Crippen LogP contribution in [0.2, 0.25) is 0 Å². The second-order valence-corrected chi connectivity index (χ2v) is 4.97. The lowest BCUT2D eigenvalue weighted by atomic mass is 9.98. The minimum Gasteiger partial charge on any atom is -0.379 e. The zero-order valence-corrected chi connectivity index (χ0v) is 10.5. The Kier molecular flexibility index (Phi) is 5.22. The molecule has 0 aromatic carbocycles. The minimum absolute atomic E-state index is 0.0424. The first-order chi connectivity index (χ1) is 7.54. The molecule has 0 aromatic heterocycles. The molecule has 1 amide bonds. The van der Waals surface area contributed by atoms with Crippen LogP contribution in [0.5, 0.6) is 0 Å². The van der Waals surface area contributed by atoms with Gasteiger partial charge in [-0.05, 0) is 19.3 Å². The molecule has 1 aliphatic rings. The molecule has 0 radical (unpaired) electrons. The van der Waals surface area contributed by atoms with Crippen LogP contribution in [0, 0.1) is 11.8 Å². The van der Waals surface area contributed by atoms with Crippen molar-refractivity contribution in [2.45, 2.75) is 45.7 Å². The molecule has 3 N–H and O–H groups in total. The summed E-state index contributed by atoms with van der Waals surface area (Å²) in [6.45, 7) is 7.37. The van der Waals surface area contributed by atoms with Gasteiger partial charge in [0.25, 0.3) is 0 Å². The first kappa shape index (κ1) is 13.5. The largest absolute Gasteiger partial charge is 0.379 e. The summed E-state index contributed by atoms with van der Waals surface area (Å²) in [5.41, 5.74) is 5.80. The molecular weight excluding hydrogens is 204 g/mol. The summed E-state index contributed by atoms with van der Waals surface area (Å²) in [5, 5.41) is 3.02. The molecule has 0 spiro atoms. The third-order valence-corrected chi connectivity index (χ3v) is 3.30. The van der Waals surface area contributed by atoms with Crippen LogP contribution in [0.15, 0.2) is 0 Å². The van der Waals surface area contributed by atoms with Gasteiger partial charge in [-0.2, -0.15) is 0 Å². The number of hydrogen-bond donors (Lipinski definition) is 2. The maximum Gasteiger partial charge on any atom is 0.227 e. The van der Waals surface area contributed by atoms with Gasteiger partial charge in [0.05, 0.1) is 19.1 Å². The highest BCUT2D eigenvalue weighted by Gasteiger charge is 2.31. The molecule has 0 aliphatic carbocycles. The van der Waals surface area contributed by atoms with Crippen LogP contribution in [0.4, 0.5) is 0 Å². The van der Waals surface area contributed by atoms with Crippen molar-refractivity contribution in [2.75, 3.05) is 13.2 Å². The molecule has 4 atom stereocenters. The SMILES string of the molecule is CCC(C)CC(C)NC(=O)C1COCC1N. The number of ether oxygens (including phenoxy) is 1. The van der Waals surface area contributed by atoms with E-state index >= 15 is 0 Å². The Morgan fingerprint density at radius 2 is 2.19 bits per heavy atom. The van der Waals surface area contributed by atoms with Crippen LogP contribution in [0.25, 0.3) is 0 Å². The Bertz CT molecular complexity index is 233. The fraction of sp³-hybridized carbons (Fsp3) is 0.917. The third-order valence-electron chi connectivity index (χ3n) is 3.30. The number of rotatable bonds is 5. The average Bonchev–Trinajstić information content (AvgIpc) is 2.63. The standard InChI is InChI=1S/C12H24N2O2/c1-4-8(2)5-9(3)14-12(15)10-6-16-7-11(10)13/h8-11H,4-7,13H2,1-3H3,(H,14,15). The molecule has 0 saturated carbocycles. The zero-order chi connectivity index (χ0) is 12.1. The molecule has 1 fully saturated rings. The van der Waals surface area contributed by atoms with Crippen molar-refractivity contribution in [3.63, 3.8) is 0 Å². The Labute approximate surface area is 97.9 Å². The van der Waals surface area contributed by atoms with Gasteiger partial charge in [0.2, 0.25) is 5.91 Å². The smallest absolute Gasteiger partial charge is 0.227 e. The number of nitrogens with two attached hydrogens (primary N) is 1. The van der Waals surface area contributed by atoms with E-state index in [2.05, 4.69) is 19.2 Å². The summed E-state index contributed by atoms with van der Waals surface area (Å²) in [6.07, 6.45) is 2.16. The van der Waals surface area contributed by atoms with Crippen LogP contribution in [-0.2, 0) is 9.53 Å². The number of amides is 1. The molecule has 4 nitrogen and oxygen atoms in total. The lowest BCUT2D eigenvalue weighted by molar-refractivity contribution is -0.125. The second kappa shape index (κ2) is 6.21. The highest BCUT2D eigenvalue weighted by atomic mass is 16.5. The minimum atomic E-state index is -0.167. The fourth-order valence-corrected chi connectivity index (χ4v) is 2.02. The number of carbonyl (C=O) groups is 1. The fourth-order valence-electron chi connectivity index (χ4n) is 2.02. The van der Waals surface area contributed by atoms with Gasteiger partial charge in [0, 0.05) is 12.1 Å². The Morgan fingerprint density at radius 1 is 1.50 bits per heavy atom. The summed E-state index contributed by atoms with van der Waals surface area (Å²) in [7, 11) is 0. The van der Waals surface area contributed by atoms with E-state index in [0.29, 0.717) is 19.1 Å². The van der Waals surface area contributed by atoms with E-state index in [1.807, 2.05) is 6.92 Å². The van der Waals surface area contributed by atoms with Crippen molar-refractivity contribution in [1.29, 1.82) is 0 Å². The van der Waals surface area contributed by atoms with Gasteiger partial charge >= 0.3 is 0 Å². The van der Waals surface area contributed by atoms with E-state index in [-0.39, 0.29) is 23.9 Å². The van der Waals surface area contributed by atoms with Crippen LogP contribution >= 0.6 is 0 Å². The highest BCUT2D eigenvalue weighted by Crippen LogP contribution is 2.14. The molecule has 1 aliphatic heterocycles. The number of nitrogens with one attached hydrogen (secondary N) is 1. The number of hydrogen-bond acceptors (Lipinski definition) is 3. The van der Waals surface area contributed by atoms with Crippen LogP contribution in [0.3, 0.4) is 0 Å². The maximum absolute atomic E-state index is 11.9. The molecule has 1 heterocycles. The van der Waals surface area contributed by atoms with Crippen molar-refractivity contribution < 1.29 is 9.53 Å². The van der Waals surface area contributed by atoms with Crippen LogP contribution < -0.4 is 11.1 Å². The van der Waals surface area contributed by atoms with Crippen molar-refractivity contribution in [1.82, 2.24) is 5.32 Å². The molecular formula is C12H24N2O2. The molecule has 0 aromatic rings. The Morgan fingerprint density at radius 3 is 2.69 bits per heavy atom. The highest BCUT2D eigenvalue weighted by molar-refractivity contribution is 5.80. The first-order valence-corrected chi connectivity index (χ1v) is 6.18. The monoisotopic (exact) mass is 228 g/mol. The summed E-state index contributed by atoms with van der Waals surface area (Å²) in [6, 6.07) is 0.0750. The molecule has 4 unspecified atom stereocenters. The summed E-state index contributed by atoms with van der Waals surface area (Å²) >= 11 is 0. The summed E-state index contributed by atoms with van der Waals surface area (Å²) in [5.74, 6) is 0.518. The van der Waals surface area contributed by atoms with Gasteiger partial charge in [-0.25, -0.2) is 0 Å². The van der Waals surface area contributed by atoms with Gasteiger partial charge in [0.15, 0.2) is 0 Å². The van der Waals surface area contributed by atoms with E-state index < -0.39 is 0 Å². The van der Waals surface area contributed by atoms with E-state index in [1.165, 1.54) is 0 Å². The molecule has 16 heavy (non-hydrogen) atoms. The van der Waals surface area contributed by atoms with E-state index in [1.54, 1.807) is 0 Å². The van der Waals surface area contributed by atoms with Crippen LogP contribution in [-0.4, -0.2) is 31.2 Å². The predicted molar refractivity (Wildman–Crippen MR) is 64.0 cm³/mol. The van der Waals surface area contributed by atoms with Gasteiger partial charge in [0.1, 0.15) is 0 Å². The van der Waals surface area contributed by atoms with Crippen molar-refractivity contribution in [3.8, 4) is 0 Å². The van der Waals surface area contributed by atoms with E-state index in [0.717, 1.165) is 12.8 Å². The van der Waals surface area contributed by atoms with Gasteiger partial charge in [-0.1, -0.05) is 20.3 Å². The van der Waals surface area contributed by atoms with Gasteiger partial charge in [-0.3, -0.25) is 4.79 Å². The second-order valence-electron chi connectivity index (χ2n) is 4.97. The molecule has 1 rings (SSSR count). The lowest BCUT2D eigenvalue weighted by Crippen LogP contribution is -2.44. The molecule has 0 bridgehead atoms. The maximum atomic E-state index is 11.9. The van der Waals surface area contributed by atoms with Gasteiger partial charge < -0.3 is 15.8 Å². The summed E-state index contributed by atoms with van der Waals surface area (Å²) in [4.78, 5) is 11.9. The van der Waals surface area contributed by atoms with E-state index in [4.69, 9.17) is 10.5 Å². The van der Waals surface area contributed by atoms with Crippen molar-refractivity contribution in [2.24, 2.45) is 17.6 Å². The predicted octanol–water partition coefficient (Wildman–Crippen LogP) is 0.901. The Hall–Kier alpha value is -0.610. The van der Waals surface area contributed by atoms with E-state index in [9.17, 15) is 4.79 Å². The summed E-state index contributed by atoms with van der Waals surface area (Å²) < 4.78 is 5.19. The van der Waals surface area contributed by atoms with Crippen molar-refractivity contribution >= 4 is 5.91 Å². The van der Waals surface area contributed by atoms with Gasteiger partial charge in [-0.15, -0.1) is 0 Å². The molecule has 4 heteroatoms. The zero-order valence-electron chi connectivity index (χ0n) is 10.5. The third kappa shape index (κ3) is 3.76. The molecule has 94 valence electrons. The first-order valence-electron chi connectivity index (χ1n) is 6.18. The average molecular weight is 228 g/mol. The lowest BCUT2D eigenvalue weighted by Gasteiger charge is -2.20. The van der Waals surface area contributed by atoms with Crippen LogP contribution in [0.1, 0.15) is 33.6 Å². The Balaban J connectivity index is 2.33. The quantitative estimate of drug-likeness (QED) is 0.735. The normalized spacial score (nSPS) is 28.8. The van der Waals surface area contributed by atoms with Crippen molar-refractivity contribution in [3.05, 3.63) is 0 Å². The topological polar surface area (TPSA) is 64.3 Å².